The standard InChI is InChI=1S/C9H19NO2/c1-8(2)6-5-7-9(3,4)10(8,11)12/h11H,5-7H2,1-4H3. The van der Waals surface area contributed by atoms with Crippen LogP contribution < -0.4 is 0 Å². The second-order valence-electron chi connectivity index (χ2n) is 5.05. The molecule has 3 heteroatoms. The Morgan fingerprint density at radius 2 is 1.42 bits per heavy atom. The summed E-state index contributed by atoms with van der Waals surface area (Å²) in [6.45, 7) is 7.34. The maximum Gasteiger partial charge on any atom is 0.123 e. The average Bonchev–Trinajstić information content (AvgIpc) is 1.83. The summed E-state index contributed by atoms with van der Waals surface area (Å²) in [5.41, 5.74) is -1.11. The van der Waals surface area contributed by atoms with E-state index >= 15 is 0 Å². The van der Waals surface area contributed by atoms with Gasteiger partial charge in [-0.25, -0.2) is 10.0 Å². The zero-order chi connectivity index (χ0) is 9.62. The van der Waals surface area contributed by atoms with Crippen molar-refractivity contribution < 1.29 is 10.0 Å². The van der Waals surface area contributed by atoms with E-state index in [0.29, 0.717) is 0 Å². The fraction of sp³-hybridized carbons (Fsp3) is 1.00. The van der Waals surface area contributed by atoms with Gasteiger partial charge in [-0.05, 0) is 34.1 Å². The van der Waals surface area contributed by atoms with Crippen LogP contribution >= 0.6 is 0 Å². The number of quaternary nitrogens is 1. The molecule has 0 amide bonds. The Morgan fingerprint density at radius 1 is 1.08 bits per heavy atom. The van der Waals surface area contributed by atoms with Crippen molar-refractivity contribution in [3.63, 3.8) is 0 Å². The van der Waals surface area contributed by atoms with Crippen molar-refractivity contribution in [1.29, 1.82) is 0 Å². The van der Waals surface area contributed by atoms with Crippen LogP contribution in [0.1, 0.15) is 47.0 Å². The lowest BCUT2D eigenvalue weighted by Crippen LogP contribution is -2.68. The number of piperidine rings is 1. The summed E-state index contributed by atoms with van der Waals surface area (Å²) < 4.78 is 0. The van der Waals surface area contributed by atoms with E-state index in [-0.39, 0.29) is 0 Å². The smallest absolute Gasteiger partial charge is 0.123 e. The van der Waals surface area contributed by atoms with Crippen LogP contribution in [0.5, 0.6) is 0 Å². The second-order valence-corrected chi connectivity index (χ2v) is 5.05. The van der Waals surface area contributed by atoms with Gasteiger partial charge < -0.3 is 5.21 Å². The molecule has 0 bridgehead atoms. The van der Waals surface area contributed by atoms with Gasteiger partial charge in [0.25, 0.3) is 0 Å². The minimum Gasteiger partial charge on any atom is -0.598 e. The van der Waals surface area contributed by atoms with Crippen molar-refractivity contribution in [2.24, 2.45) is 0 Å². The molecule has 0 saturated carbocycles. The van der Waals surface area contributed by atoms with Gasteiger partial charge >= 0.3 is 0 Å². The minimum atomic E-state index is -1.10. The fourth-order valence-electron chi connectivity index (χ4n) is 2.08. The monoisotopic (exact) mass is 173 g/mol. The molecule has 0 radical (unpaired) electrons. The van der Waals surface area contributed by atoms with E-state index in [1.165, 1.54) is 0 Å². The Bertz CT molecular complexity index is 167. The van der Waals surface area contributed by atoms with E-state index in [1.54, 1.807) is 0 Å². The Morgan fingerprint density at radius 3 is 1.67 bits per heavy atom. The fourth-order valence-corrected chi connectivity index (χ4v) is 2.08. The van der Waals surface area contributed by atoms with Gasteiger partial charge in [-0.1, -0.05) is 0 Å². The molecule has 72 valence electrons. The number of nitrogens with zero attached hydrogens (tertiary/aromatic N) is 1. The molecule has 0 aromatic rings. The first-order valence-electron chi connectivity index (χ1n) is 4.54. The largest absolute Gasteiger partial charge is 0.598 e. The summed E-state index contributed by atoms with van der Waals surface area (Å²) in [4.78, 5) is -1.10. The molecule has 1 saturated heterocycles. The van der Waals surface area contributed by atoms with E-state index in [9.17, 15) is 10.4 Å². The van der Waals surface area contributed by atoms with E-state index in [0.717, 1.165) is 19.3 Å². The highest BCUT2D eigenvalue weighted by Gasteiger charge is 2.51. The molecule has 0 aromatic carbocycles. The van der Waals surface area contributed by atoms with E-state index in [1.807, 2.05) is 27.7 Å². The van der Waals surface area contributed by atoms with Crippen LogP contribution in [0.4, 0.5) is 0 Å². The molecule has 1 aliphatic rings. The summed E-state index contributed by atoms with van der Waals surface area (Å²) in [6, 6.07) is 0. The van der Waals surface area contributed by atoms with Crippen LogP contribution in [0, 0.1) is 5.21 Å². The van der Waals surface area contributed by atoms with Crippen LogP contribution in [0.3, 0.4) is 0 Å². The molecular weight excluding hydrogens is 154 g/mol. The zero-order valence-corrected chi connectivity index (χ0v) is 8.42. The van der Waals surface area contributed by atoms with Crippen molar-refractivity contribution >= 4 is 0 Å². The minimum absolute atomic E-state index is 0.554. The topological polar surface area (TPSA) is 43.3 Å². The molecule has 1 heterocycles. The molecule has 0 unspecified atom stereocenters. The first kappa shape index (κ1) is 9.96. The molecule has 0 atom stereocenters. The van der Waals surface area contributed by atoms with Crippen LogP contribution in [0.25, 0.3) is 0 Å². The molecule has 1 aliphatic heterocycles. The highest BCUT2D eigenvalue weighted by Crippen LogP contribution is 2.42. The van der Waals surface area contributed by atoms with Gasteiger partial charge in [0.15, 0.2) is 0 Å². The van der Waals surface area contributed by atoms with Crippen LogP contribution in [0.15, 0.2) is 0 Å². The second kappa shape index (κ2) is 2.44. The lowest BCUT2D eigenvalue weighted by Gasteiger charge is -2.58. The van der Waals surface area contributed by atoms with Gasteiger partial charge in [0, 0.05) is 12.8 Å². The SMILES string of the molecule is CC1(C)CCCC(C)(C)[N+]1([O-])O. The van der Waals surface area contributed by atoms with Crippen molar-refractivity contribution in [3.8, 4) is 0 Å². The molecule has 1 N–H and O–H groups in total. The summed E-state index contributed by atoms with van der Waals surface area (Å²) in [5.74, 6) is 0. The number of hydroxylamine groups is 4. The third-order valence-electron chi connectivity index (χ3n) is 3.22. The Labute approximate surface area is 74.1 Å². The third kappa shape index (κ3) is 1.16. The van der Waals surface area contributed by atoms with E-state index in [4.69, 9.17) is 0 Å². The van der Waals surface area contributed by atoms with Gasteiger partial charge in [-0.15, -0.1) is 0 Å². The van der Waals surface area contributed by atoms with Gasteiger partial charge in [0.05, 0.1) is 0 Å². The lowest BCUT2D eigenvalue weighted by atomic mass is 9.81. The summed E-state index contributed by atoms with van der Waals surface area (Å²) in [6.07, 6.45) is 2.63. The summed E-state index contributed by atoms with van der Waals surface area (Å²) in [7, 11) is 0. The van der Waals surface area contributed by atoms with Crippen LogP contribution in [-0.4, -0.2) is 21.1 Å². The van der Waals surface area contributed by atoms with E-state index in [2.05, 4.69) is 0 Å². The van der Waals surface area contributed by atoms with Gasteiger partial charge in [0.2, 0.25) is 0 Å². The summed E-state index contributed by atoms with van der Waals surface area (Å²) in [5, 5.41) is 21.7. The molecule has 3 nitrogen and oxygen atoms in total. The molecule has 1 rings (SSSR count). The lowest BCUT2D eigenvalue weighted by molar-refractivity contribution is -1.14. The predicted molar refractivity (Wildman–Crippen MR) is 47.4 cm³/mol. The highest BCUT2D eigenvalue weighted by molar-refractivity contribution is 4.83. The summed E-state index contributed by atoms with van der Waals surface area (Å²) >= 11 is 0. The molecular formula is C9H19NO2. The maximum absolute atomic E-state index is 11.9. The molecule has 0 spiro atoms. The molecule has 0 aliphatic carbocycles. The number of hydrogen-bond acceptors (Lipinski definition) is 2. The zero-order valence-electron chi connectivity index (χ0n) is 8.42. The first-order valence-corrected chi connectivity index (χ1v) is 4.54. The van der Waals surface area contributed by atoms with Gasteiger partial charge in [-0.3, -0.25) is 0 Å². The predicted octanol–water partition coefficient (Wildman–Crippen LogP) is 2.43. The third-order valence-corrected chi connectivity index (χ3v) is 3.22. The van der Waals surface area contributed by atoms with E-state index < -0.39 is 15.9 Å². The molecule has 1 fully saturated rings. The van der Waals surface area contributed by atoms with Crippen LogP contribution in [-0.2, 0) is 0 Å². The van der Waals surface area contributed by atoms with Crippen molar-refractivity contribution in [2.75, 3.05) is 0 Å². The van der Waals surface area contributed by atoms with Crippen molar-refractivity contribution in [3.05, 3.63) is 5.21 Å². The Hall–Kier alpha value is -0.120. The molecule has 12 heavy (non-hydrogen) atoms. The Balaban J connectivity index is 2.99. The van der Waals surface area contributed by atoms with Gasteiger partial charge in [-0.2, -0.15) is 0 Å². The Kier molecular flexibility index (Phi) is 2.02. The highest BCUT2D eigenvalue weighted by atomic mass is 16.8. The average molecular weight is 173 g/mol. The first-order chi connectivity index (χ1) is 5.21. The van der Waals surface area contributed by atoms with Gasteiger partial charge in [0.1, 0.15) is 11.1 Å². The maximum atomic E-state index is 11.9. The van der Waals surface area contributed by atoms with Crippen molar-refractivity contribution in [2.45, 2.75) is 58.0 Å². The normalized spacial score (nSPS) is 31.5. The number of hydrogen-bond donors (Lipinski definition) is 1. The quantitative estimate of drug-likeness (QED) is 0.451. The molecule has 0 aromatic heterocycles. The van der Waals surface area contributed by atoms with Crippen LogP contribution in [0.2, 0.25) is 0 Å². The van der Waals surface area contributed by atoms with Crippen molar-refractivity contribution in [1.82, 2.24) is 0 Å². The number of rotatable bonds is 0.